The molecule has 3 heteroatoms. The highest BCUT2D eigenvalue weighted by Crippen LogP contribution is 2.32. The first-order valence-corrected chi connectivity index (χ1v) is 6.45. The van der Waals surface area contributed by atoms with Crippen LogP contribution in [0, 0.1) is 5.13 Å². The minimum absolute atomic E-state index is 0.0647. The van der Waals surface area contributed by atoms with Gasteiger partial charge in [0.05, 0.1) is 0 Å². The third-order valence-corrected chi connectivity index (χ3v) is 3.89. The fourth-order valence-corrected chi connectivity index (χ4v) is 3.25. The molecule has 2 aromatic rings. The lowest BCUT2D eigenvalue weighted by Gasteiger charge is -1.97. The van der Waals surface area contributed by atoms with E-state index < -0.39 is 0 Å². The summed E-state index contributed by atoms with van der Waals surface area (Å²) in [6.45, 7) is 2.11. The lowest BCUT2D eigenvalue weighted by molar-refractivity contribution is 0.649. The van der Waals surface area contributed by atoms with Crippen molar-refractivity contribution in [3.8, 4) is 0 Å². The van der Waals surface area contributed by atoms with Gasteiger partial charge in [-0.05, 0) is 23.4 Å². The molecular formula is C11H10BrFS. The fraction of sp³-hybridized carbons (Fsp3) is 0.273. The summed E-state index contributed by atoms with van der Waals surface area (Å²) in [6.07, 6.45) is 0.999. The molecular weight excluding hydrogens is 263 g/mol. The van der Waals surface area contributed by atoms with E-state index in [-0.39, 0.29) is 5.13 Å². The molecule has 0 amide bonds. The van der Waals surface area contributed by atoms with Gasteiger partial charge in [0.15, 0.2) is 5.13 Å². The van der Waals surface area contributed by atoms with E-state index in [0.29, 0.717) is 5.33 Å². The van der Waals surface area contributed by atoms with Gasteiger partial charge in [-0.2, -0.15) is 4.39 Å². The average Bonchev–Trinajstić information content (AvgIpc) is 2.51. The Balaban J connectivity index is 2.68. The molecule has 14 heavy (non-hydrogen) atoms. The Morgan fingerprint density at radius 2 is 2.21 bits per heavy atom. The number of fused-ring (bicyclic) bond motifs is 1. The van der Waals surface area contributed by atoms with Gasteiger partial charge in [0.1, 0.15) is 0 Å². The Morgan fingerprint density at radius 3 is 2.86 bits per heavy atom. The number of rotatable bonds is 2. The Hall–Kier alpha value is -0.410. The standard InChI is InChI=1S/C11H10BrFS/c1-2-7-3-4-8-9(6-12)11(13)14-10(8)5-7/h3-5H,2,6H2,1H3. The number of halogens is 2. The van der Waals surface area contributed by atoms with Gasteiger partial charge >= 0.3 is 0 Å². The molecule has 1 aromatic heterocycles. The molecule has 0 N–H and O–H groups in total. The third kappa shape index (κ3) is 1.59. The molecule has 0 fully saturated rings. The monoisotopic (exact) mass is 272 g/mol. The van der Waals surface area contributed by atoms with E-state index >= 15 is 0 Å². The Kier molecular flexibility index (Phi) is 2.88. The van der Waals surface area contributed by atoms with Crippen LogP contribution in [0.25, 0.3) is 10.1 Å². The van der Waals surface area contributed by atoms with Crippen LogP contribution >= 0.6 is 27.3 Å². The van der Waals surface area contributed by atoms with Crippen LogP contribution in [0.5, 0.6) is 0 Å². The maximum Gasteiger partial charge on any atom is 0.181 e. The van der Waals surface area contributed by atoms with Crippen LogP contribution in [0.2, 0.25) is 0 Å². The predicted octanol–water partition coefficient (Wildman–Crippen LogP) is 4.50. The summed E-state index contributed by atoms with van der Waals surface area (Å²) in [6, 6.07) is 6.17. The predicted molar refractivity (Wildman–Crippen MR) is 63.8 cm³/mol. The van der Waals surface area contributed by atoms with Crippen molar-refractivity contribution in [2.75, 3.05) is 0 Å². The summed E-state index contributed by atoms with van der Waals surface area (Å²) in [4.78, 5) is 0. The van der Waals surface area contributed by atoms with E-state index in [0.717, 1.165) is 22.1 Å². The summed E-state index contributed by atoms with van der Waals surface area (Å²) in [5.41, 5.74) is 2.05. The highest BCUT2D eigenvalue weighted by atomic mass is 79.9. The molecule has 0 bridgehead atoms. The SMILES string of the molecule is CCc1ccc2c(CBr)c(F)sc2c1. The van der Waals surface area contributed by atoms with Gasteiger partial charge in [-0.1, -0.05) is 35.0 Å². The van der Waals surface area contributed by atoms with Crippen LogP contribution in [-0.4, -0.2) is 0 Å². The van der Waals surface area contributed by atoms with Crippen LogP contribution in [0.15, 0.2) is 18.2 Å². The zero-order chi connectivity index (χ0) is 10.1. The highest BCUT2D eigenvalue weighted by Gasteiger charge is 2.10. The molecule has 0 radical (unpaired) electrons. The number of benzene rings is 1. The summed E-state index contributed by atoms with van der Waals surface area (Å²) in [5, 5.41) is 1.57. The fourth-order valence-electron chi connectivity index (χ4n) is 1.51. The first kappa shape index (κ1) is 10.1. The number of thiophene rings is 1. The first-order valence-electron chi connectivity index (χ1n) is 4.52. The van der Waals surface area contributed by atoms with Gasteiger partial charge in [0.2, 0.25) is 0 Å². The van der Waals surface area contributed by atoms with E-state index in [1.54, 1.807) is 0 Å². The quantitative estimate of drug-likeness (QED) is 0.707. The normalized spacial score (nSPS) is 11.1. The minimum Gasteiger partial charge on any atom is -0.195 e. The van der Waals surface area contributed by atoms with E-state index in [1.165, 1.54) is 16.9 Å². The smallest absolute Gasteiger partial charge is 0.181 e. The third-order valence-electron chi connectivity index (χ3n) is 2.35. The largest absolute Gasteiger partial charge is 0.195 e. The van der Waals surface area contributed by atoms with Gasteiger partial charge in [-0.15, -0.1) is 11.3 Å². The van der Waals surface area contributed by atoms with Gasteiger partial charge < -0.3 is 0 Å². The van der Waals surface area contributed by atoms with Crippen molar-refractivity contribution in [3.63, 3.8) is 0 Å². The number of aryl methyl sites for hydroxylation is 1. The molecule has 0 aliphatic carbocycles. The van der Waals surface area contributed by atoms with Crippen molar-refractivity contribution in [1.82, 2.24) is 0 Å². The van der Waals surface area contributed by atoms with E-state index in [9.17, 15) is 4.39 Å². The van der Waals surface area contributed by atoms with E-state index in [2.05, 4.69) is 35.0 Å². The molecule has 2 rings (SSSR count). The Bertz CT molecular complexity index is 462. The molecule has 0 saturated heterocycles. The zero-order valence-corrected chi connectivity index (χ0v) is 10.2. The molecule has 0 atom stereocenters. The van der Waals surface area contributed by atoms with E-state index in [4.69, 9.17) is 0 Å². The van der Waals surface area contributed by atoms with Gasteiger partial charge in [-0.3, -0.25) is 0 Å². The molecule has 74 valence electrons. The molecule has 0 unspecified atom stereocenters. The lowest BCUT2D eigenvalue weighted by Crippen LogP contribution is -1.80. The molecule has 0 saturated carbocycles. The summed E-state index contributed by atoms with van der Waals surface area (Å²) in [7, 11) is 0. The Morgan fingerprint density at radius 1 is 1.43 bits per heavy atom. The van der Waals surface area contributed by atoms with Crippen molar-refractivity contribution < 1.29 is 4.39 Å². The number of hydrogen-bond acceptors (Lipinski definition) is 1. The van der Waals surface area contributed by atoms with Gasteiger partial charge in [0.25, 0.3) is 0 Å². The minimum atomic E-state index is -0.0647. The van der Waals surface area contributed by atoms with Gasteiger partial charge in [-0.25, -0.2) is 0 Å². The van der Waals surface area contributed by atoms with Crippen LogP contribution in [0.4, 0.5) is 4.39 Å². The zero-order valence-electron chi connectivity index (χ0n) is 7.81. The van der Waals surface area contributed by atoms with Crippen molar-refractivity contribution in [2.45, 2.75) is 18.7 Å². The molecule has 0 aliphatic heterocycles. The lowest BCUT2D eigenvalue weighted by atomic mass is 10.1. The van der Waals surface area contributed by atoms with E-state index in [1.807, 2.05) is 6.07 Å². The van der Waals surface area contributed by atoms with Crippen molar-refractivity contribution in [3.05, 3.63) is 34.5 Å². The first-order chi connectivity index (χ1) is 6.76. The average molecular weight is 273 g/mol. The second kappa shape index (κ2) is 3.99. The summed E-state index contributed by atoms with van der Waals surface area (Å²) < 4.78 is 14.5. The van der Waals surface area contributed by atoms with Crippen LogP contribution in [0.3, 0.4) is 0 Å². The molecule has 0 aliphatic rings. The number of alkyl halides is 1. The second-order valence-electron chi connectivity index (χ2n) is 3.17. The molecule has 0 spiro atoms. The molecule has 1 heterocycles. The Labute approximate surface area is 94.9 Å². The van der Waals surface area contributed by atoms with Crippen LogP contribution < -0.4 is 0 Å². The molecule has 0 nitrogen and oxygen atoms in total. The number of hydrogen-bond donors (Lipinski definition) is 0. The van der Waals surface area contributed by atoms with Crippen molar-refractivity contribution in [1.29, 1.82) is 0 Å². The van der Waals surface area contributed by atoms with Crippen molar-refractivity contribution >= 4 is 37.4 Å². The summed E-state index contributed by atoms with van der Waals surface area (Å²) >= 11 is 4.55. The van der Waals surface area contributed by atoms with Gasteiger partial charge in [0, 0.05) is 15.6 Å². The van der Waals surface area contributed by atoms with Crippen LogP contribution in [-0.2, 0) is 11.8 Å². The summed E-state index contributed by atoms with van der Waals surface area (Å²) in [5.74, 6) is 0. The van der Waals surface area contributed by atoms with Crippen molar-refractivity contribution in [2.24, 2.45) is 0 Å². The maximum atomic E-state index is 13.4. The van der Waals surface area contributed by atoms with Crippen LogP contribution in [0.1, 0.15) is 18.1 Å². The topological polar surface area (TPSA) is 0 Å². The highest BCUT2D eigenvalue weighted by molar-refractivity contribution is 9.08. The maximum absolute atomic E-state index is 13.4. The second-order valence-corrected chi connectivity index (χ2v) is 4.74. The molecule has 1 aromatic carbocycles.